The highest BCUT2D eigenvalue weighted by molar-refractivity contribution is 8.14. The Kier molecular flexibility index (Phi) is 4.24. The normalized spacial score (nSPS) is 28.9. The van der Waals surface area contributed by atoms with Crippen LogP contribution in [0.3, 0.4) is 0 Å². The molecule has 0 aromatic heterocycles. The predicted octanol–water partition coefficient (Wildman–Crippen LogP) is 2.39. The van der Waals surface area contributed by atoms with Gasteiger partial charge in [-0.05, 0) is 32.6 Å². The maximum atomic E-state index is 12.3. The maximum absolute atomic E-state index is 12.3. The van der Waals surface area contributed by atoms with E-state index in [9.17, 15) is 4.79 Å². The van der Waals surface area contributed by atoms with Crippen LogP contribution in [0.4, 0.5) is 0 Å². The second-order valence-corrected chi connectivity index (χ2v) is 7.36. The number of nitrogens with zero attached hydrogens (tertiary/aromatic N) is 2. The molecule has 0 radical (unpaired) electrons. The largest absolute Gasteiger partial charge is 0.359 e. The number of likely N-dealkylation sites (tertiary alicyclic amines) is 1. The lowest BCUT2D eigenvalue weighted by molar-refractivity contribution is -0.131. The van der Waals surface area contributed by atoms with Crippen molar-refractivity contribution in [3.05, 3.63) is 0 Å². The second-order valence-electron chi connectivity index (χ2n) is 6.40. The van der Waals surface area contributed by atoms with Crippen molar-refractivity contribution in [1.82, 2.24) is 10.2 Å². The van der Waals surface area contributed by atoms with E-state index >= 15 is 0 Å². The average Bonchev–Trinajstić information content (AvgIpc) is 3.10. The van der Waals surface area contributed by atoms with E-state index in [4.69, 9.17) is 0 Å². The van der Waals surface area contributed by atoms with Gasteiger partial charge in [-0.15, -0.1) is 0 Å². The standard InChI is InChI=1S/C15H25N3OS/c1-12(13(19)18-9-5-6-10-18)16-14-17-15(11-20-14)7-3-2-4-8-15/h12H,2-11H2,1H3,(H,16,17). The van der Waals surface area contributed by atoms with Crippen LogP contribution in [0.2, 0.25) is 0 Å². The summed E-state index contributed by atoms with van der Waals surface area (Å²) in [6.45, 7) is 3.76. The van der Waals surface area contributed by atoms with E-state index in [0.29, 0.717) is 0 Å². The zero-order valence-corrected chi connectivity index (χ0v) is 13.2. The first-order valence-electron chi connectivity index (χ1n) is 7.96. The molecule has 0 aromatic rings. The van der Waals surface area contributed by atoms with Crippen molar-refractivity contribution in [3.63, 3.8) is 0 Å². The zero-order valence-electron chi connectivity index (χ0n) is 12.4. The highest BCUT2D eigenvalue weighted by Crippen LogP contribution is 2.36. The number of carbonyl (C=O) groups excluding carboxylic acids is 1. The first-order chi connectivity index (χ1) is 9.69. The predicted molar refractivity (Wildman–Crippen MR) is 84.1 cm³/mol. The first kappa shape index (κ1) is 14.2. The minimum Gasteiger partial charge on any atom is -0.359 e. The average molecular weight is 295 g/mol. The molecule has 3 fully saturated rings. The van der Waals surface area contributed by atoms with Gasteiger partial charge in [0.15, 0.2) is 5.17 Å². The Balaban J connectivity index is 1.59. The van der Waals surface area contributed by atoms with Gasteiger partial charge in [-0.1, -0.05) is 31.0 Å². The quantitative estimate of drug-likeness (QED) is 0.851. The van der Waals surface area contributed by atoms with Crippen LogP contribution in [0.15, 0.2) is 4.99 Å². The van der Waals surface area contributed by atoms with E-state index in [1.807, 2.05) is 11.8 Å². The molecule has 4 nitrogen and oxygen atoms in total. The highest BCUT2D eigenvalue weighted by atomic mass is 32.2. The third-order valence-corrected chi connectivity index (χ3v) is 5.93. The van der Waals surface area contributed by atoms with Crippen LogP contribution in [-0.4, -0.2) is 46.4 Å². The van der Waals surface area contributed by atoms with Gasteiger partial charge in [0.1, 0.15) is 6.04 Å². The molecule has 112 valence electrons. The Bertz CT molecular complexity index is 398. The topological polar surface area (TPSA) is 44.7 Å². The van der Waals surface area contributed by atoms with Gasteiger partial charge >= 0.3 is 0 Å². The van der Waals surface area contributed by atoms with Crippen LogP contribution in [0.5, 0.6) is 0 Å². The minimum atomic E-state index is -0.234. The SMILES string of the molecule is CC(N=C1NC2(CCCCC2)CS1)C(=O)N1CCCC1. The Labute approximate surface area is 125 Å². The minimum absolute atomic E-state index is 0.196. The zero-order chi connectivity index (χ0) is 14.0. The monoisotopic (exact) mass is 295 g/mol. The van der Waals surface area contributed by atoms with E-state index in [1.165, 1.54) is 32.1 Å². The van der Waals surface area contributed by atoms with Crippen LogP contribution >= 0.6 is 11.8 Å². The number of hydrogen-bond donors (Lipinski definition) is 1. The summed E-state index contributed by atoms with van der Waals surface area (Å²) in [6, 6.07) is -0.234. The Hall–Kier alpha value is -0.710. The molecule has 1 N–H and O–H groups in total. The van der Waals surface area contributed by atoms with E-state index in [-0.39, 0.29) is 17.5 Å². The molecule has 2 aliphatic heterocycles. The van der Waals surface area contributed by atoms with Gasteiger partial charge in [0.2, 0.25) is 5.91 Å². The van der Waals surface area contributed by atoms with Gasteiger partial charge in [-0.2, -0.15) is 0 Å². The summed E-state index contributed by atoms with van der Waals surface area (Å²) in [7, 11) is 0. The van der Waals surface area contributed by atoms with Crippen molar-refractivity contribution in [1.29, 1.82) is 0 Å². The molecule has 0 aromatic carbocycles. The van der Waals surface area contributed by atoms with Gasteiger partial charge in [-0.25, -0.2) is 4.99 Å². The lowest BCUT2D eigenvalue weighted by Gasteiger charge is -2.32. The maximum Gasteiger partial charge on any atom is 0.247 e. The van der Waals surface area contributed by atoms with E-state index < -0.39 is 0 Å². The first-order valence-corrected chi connectivity index (χ1v) is 8.95. The third kappa shape index (κ3) is 2.97. The van der Waals surface area contributed by atoms with Gasteiger partial charge < -0.3 is 10.2 Å². The molecule has 2 heterocycles. The van der Waals surface area contributed by atoms with E-state index in [0.717, 1.165) is 36.9 Å². The Morgan fingerprint density at radius 1 is 1.25 bits per heavy atom. The van der Waals surface area contributed by atoms with Gasteiger partial charge in [0.05, 0.1) is 0 Å². The number of amidine groups is 1. The van der Waals surface area contributed by atoms with Crippen molar-refractivity contribution in [2.24, 2.45) is 4.99 Å². The van der Waals surface area contributed by atoms with Gasteiger partial charge in [-0.3, -0.25) is 4.79 Å². The molecule has 5 heteroatoms. The van der Waals surface area contributed by atoms with Crippen molar-refractivity contribution >= 4 is 22.8 Å². The Morgan fingerprint density at radius 2 is 1.95 bits per heavy atom. The van der Waals surface area contributed by atoms with Gasteiger partial charge in [0.25, 0.3) is 0 Å². The number of hydrogen-bond acceptors (Lipinski definition) is 3. The molecule has 1 aliphatic carbocycles. The molecule has 1 amide bonds. The molecule has 0 bridgehead atoms. The summed E-state index contributed by atoms with van der Waals surface area (Å²) in [5.74, 6) is 1.32. The van der Waals surface area contributed by atoms with Crippen molar-refractivity contribution in [3.8, 4) is 0 Å². The van der Waals surface area contributed by atoms with E-state index in [2.05, 4.69) is 10.3 Å². The lowest BCUT2D eigenvalue weighted by Crippen LogP contribution is -2.45. The van der Waals surface area contributed by atoms with Crippen LogP contribution in [0.25, 0.3) is 0 Å². The molecular weight excluding hydrogens is 270 g/mol. The van der Waals surface area contributed by atoms with Gasteiger partial charge in [0, 0.05) is 24.4 Å². The smallest absolute Gasteiger partial charge is 0.247 e. The molecular formula is C15H25N3OS. The number of amides is 1. The number of thioether (sulfide) groups is 1. The molecule has 1 spiro atoms. The summed E-state index contributed by atoms with van der Waals surface area (Å²) >= 11 is 1.80. The summed E-state index contributed by atoms with van der Waals surface area (Å²) in [4.78, 5) is 18.9. The second kappa shape index (κ2) is 5.96. The van der Waals surface area contributed by atoms with Crippen LogP contribution in [-0.2, 0) is 4.79 Å². The van der Waals surface area contributed by atoms with E-state index in [1.54, 1.807) is 11.8 Å². The van der Waals surface area contributed by atoms with Crippen molar-refractivity contribution in [2.75, 3.05) is 18.8 Å². The van der Waals surface area contributed by atoms with Crippen LogP contribution in [0.1, 0.15) is 51.9 Å². The highest BCUT2D eigenvalue weighted by Gasteiger charge is 2.38. The summed E-state index contributed by atoms with van der Waals surface area (Å²) < 4.78 is 0. The fourth-order valence-electron chi connectivity index (χ4n) is 3.51. The molecule has 20 heavy (non-hydrogen) atoms. The summed E-state index contributed by atoms with van der Waals surface area (Å²) in [5, 5.41) is 4.62. The fraction of sp³-hybridized carbons (Fsp3) is 0.867. The summed E-state index contributed by atoms with van der Waals surface area (Å²) in [6.07, 6.45) is 8.81. The number of nitrogens with one attached hydrogen (secondary N) is 1. The molecule has 1 unspecified atom stereocenters. The molecule has 2 saturated heterocycles. The fourth-order valence-corrected chi connectivity index (χ4v) is 4.80. The van der Waals surface area contributed by atoms with Crippen molar-refractivity contribution in [2.45, 2.75) is 63.5 Å². The molecule has 3 aliphatic rings. The lowest BCUT2D eigenvalue weighted by atomic mass is 9.83. The Morgan fingerprint density at radius 3 is 2.65 bits per heavy atom. The number of aliphatic imine (C=N–C) groups is 1. The number of carbonyl (C=O) groups is 1. The third-order valence-electron chi connectivity index (χ3n) is 4.75. The molecule has 3 rings (SSSR count). The molecule has 1 atom stereocenters. The van der Waals surface area contributed by atoms with Crippen LogP contribution in [0, 0.1) is 0 Å². The van der Waals surface area contributed by atoms with Crippen LogP contribution < -0.4 is 5.32 Å². The molecule has 1 saturated carbocycles. The number of rotatable bonds is 2. The van der Waals surface area contributed by atoms with Crippen molar-refractivity contribution < 1.29 is 4.79 Å². The summed E-state index contributed by atoms with van der Waals surface area (Å²) in [5.41, 5.74) is 0.276.